The van der Waals surface area contributed by atoms with Gasteiger partial charge >= 0.3 is 0 Å². The van der Waals surface area contributed by atoms with Gasteiger partial charge in [-0.1, -0.05) is 12.1 Å². The quantitative estimate of drug-likeness (QED) is 0.872. The van der Waals surface area contributed by atoms with Gasteiger partial charge in [-0.15, -0.1) is 0 Å². The Morgan fingerprint density at radius 2 is 1.92 bits per heavy atom. The van der Waals surface area contributed by atoms with E-state index >= 15 is 0 Å². The van der Waals surface area contributed by atoms with E-state index in [1.807, 2.05) is 13.0 Å². The lowest BCUT2D eigenvalue weighted by Crippen LogP contribution is -2.30. The molecule has 5 heteroatoms. The molecule has 2 aromatic rings. The van der Waals surface area contributed by atoms with Crippen LogP contribution in [0.5, 0.6) is 5.75 Å². The number of benzene rings is 2. The highest BCUT2D eigenvalue weighted by Crippen LogP contribution is 2.30. The predicted molar refractivity (Wildman–Crippen MR) is 98.0 cm³/mol. The lowest BCUT2D eigenvalue weighted by Gasteiger charge is -2.30. The number of halogens is 1. The molecule has 1 heterocycles. The summed E-state index contributed by atoms with van der Waals surface area (Å²) in [4.78, 5) is 14.9. The Labute approximate surface area is 147 Å². The minimum absolute atomic E-state index is 0.298. The zero-order chi connectivity index (χ0) is 17.6. The molecule has 0 unspecified atom stereocenters. The van der Waals surface area contributed by atoms with Gasteiger partial charge in [-0.25, -0.2) is 4.39 Å². The van der Waals surface area contributed by atoms with Crippen LogP contribution in [-0.2, 0) is 0 Å². The Morgan fingerprint density at radius 3 is 2.68 bits per heavy atom. The average molecular weight is 342 g/mol. The van der Waals surface area contributed by atoms with Crippen LogP contribution in [0.15, 0.2) is 42.5 Å². The number of nitrogens with one attached hydrogen (secondary N) is 1. The van der Waals surface area contributed by atoms with Crippen LogP contribution < -0.4 is 15.0 Å². The van der Waals surface area contributed by atoms with Crippen molar-refractivity contribution in [2.24, 2.45) is 0 Å². The Bertz CT molecular complexity index is 742. The van der Waals surface area contributed by atoms with Crippen molar-refractivity contribution < 1.29 is 13.9 Å². The summed E-state index contributed by atoms with van der Waals surface area (Å²) in [5, 5.41) is 2.86. The number of para-hydroxylation sites is 1. The van der Waals surface area contributed by atoms with Gasteiger partial charge in [-0.05, 0) is 56.5 Å². The Hall–Kier alpha value is -2.56. The summed E-state index contributed by atoms with van der Waals surface area (Å²) in [6, 6.07) is 11.6. The van der Waals surface area contributed by atoms with Crippen LogP contribution in [0.25, 0.3) is 0 Å². The first-order valence-corrected chi connectivity index (χ1v) is 8.76. The smallest absolute Gasteiger partial charge is 0.259 e. The highest BCUT2D eigenvalue weighted by Gasteiger charge is 2.18. The van der Waals surface area contributed by atoms with Crippen LogP contribution in [0.4, 0.5) is 15.8 Å². The number of ether oxygens (including phenoxy) is 1. The lowest BCUT2D eigenvalue weighted by atomic mass is 10.1. The number of anilines is 2. The molecule has 3 rings (SSSR count). The minimum atomic E-state index is -0.367. The second-order valence-electron chi connectivity index (χ2n) is 6.09. The van der Waals surface area contributed by atoms with Crippen molar-refractivity contribution in [3.05, 3.63) is 53.8 Å². The largest absolute Gasteiger partial charge is 0.493 e. The maximum atomic E-state index is 13.8. The monoisotopic (exact) mass is 342 g/mol. The predicted octanol–water partition coefficient (Wildman–Crippen LogP) is 4.47. The number of hydrogen-bond acceptors (Lipinski definition) is 3. The first kappa shape index (κ1) is 17.3. The molecule has 1 aliphatic rings. The van der Waals surface area contributed by atoms with E-state index in [4.69, 9.17) is 4.74 Å². The number of nitrogens with zero attached hydrogens (tertiary/aromatic N) is 1. The van der Waals surface area contributed by atoms with Crippen molar-refractivity contribution in [3.63, 3.8) is 0 Å². The molecule has 0 bridgehead atoms. The molecular weight excluding hydrogens is 319 g/mol. The zero-order valence-electron chi connectivity index (χ0n) is 14.4. The SMILES string of the molecule is CCOc1ccccc1C(=O)Nc1cc(F)ccc1N1CCCCC1. The second kappa shape index (κ2) is 8.01. The lowest BCUT2D eigenvalue weighted by molar-refractivity contribution is 0.102. The maximum absolute atomic E-state index is 13.8. The van der Waals surface area contributed by atoms with Crippen LogP contribution in [0.1, 0.15) is 36.5 Å². The molecule has 0 radical (unpaired) electrons. The van der Waals surface area contributed by atoms with E-state index < -0.39 is 0 Å². The van der Waals surface area contributed by atoms with Gasteiger partial charge < -0.3 is 15.0 Å². The van der Waals surface area contributed by atoms with Crippen molar-refractivity contribution in [1.82, 2.24) is 0 Å². The molecule has 1 fully saturated rings. The van der Waals surface area contributed by atoms with Crippen molar-refractivity contribution in [1.29, 1.82) is 0 Å². The molecule has 1 N–H and O–H groups in total. The van der Waals surface area contributed by atoms with Crippen LogP contribution >= 0.6 is 0 Å². The van der Waals surface area contributed by atoms with Gasteiger partial charge in [0, 0.05) is 13.1 Å². The second-order valence-corrected chi connectivity index (χ2v) is 6.09. The number of amides is 1. The topological polar surface area (TPSA) is 41.6 Å². The normalized spacial score (nSPS) is 14.2. The molecule has 132 valence electrons. The fourth-order valence-electron chi connectivity index (χ4n) is 3.14. The third-order valence-electron chi connectivity index (χ3n) is 4.34. The van der Waals surface area contributed by atoms with Gasteiger partial charge in [-0.2, -0.15) is 0 Å². The molecule has 1 amide bonds. The third kappa shape index (κ3) is 4.10. The molecule has 25 heavy (non-hydrogen) atoms. The van der Waals surface area contributed by atoms with Crippen molar-refractivity contribution in [2.45, 2.75) is 26.2 Å². The van der Waals surface area contributed by atoms with E-state index in [2.05, 4.69) is 10.2 Å². The average Bonchev–Trinajstić information content (AvgIpc) is 2.63. The van der Waals surface area contributed by atoms with Gasteiger partial charge in [0.25, 0.3) is 5.91 Å². The zero-order valence-corrected chi connectivity index (χ0v) is 14.4. The first-order chi connectivity index (χ1) is 12.2. The molecule has 0 aromatic heterocycles. The van der Waals surface area contributed by atoms with E-state index in [9.17, 15) is 9.18 Å². The van der Waals surface area contributed by atoms with Crippen LogP contribution in [0.3, 0.4) is 0 Å². The summed E-state index contributed by atoms with van der Waals surface area (Å²) in [5.74, 6) is -0.138. The van der Waals surface area contributed by atoms with Crippen molar-refractivity contribution in [2.75, 3.05) is 29.9 Å². The molecule has 0 atom stereocenters. The number of carbonyl (C=O) groups is 1. The Balaban J connectivity index is 1.87. The molecule has 1 saturated heterocycles. The summed E-state index contributed by atoms with van der Waals surface area (Å²) in [5.41, 5.74) is 1.81. The van der Waals surface area contributed by atoms with E-state index in [1.165, 1.54) is 18.6 Å². The van der Waals surface area contributed by atoms with Crippen LogP contribution in [0.2, 0.25) is 0 Å². The standard InChI is InChI=1S/C20H23FN2O2/c1-2-25-19-9-5-4-8-16(19)20(24)22-17-14-15(21)10-11-18(17)23-12-6-3-7-13-23/h4-5,8-11,14H,2-3,6-7,12-13H2,1H3,(H,22,24). The first-order valence-electron chi connectivity index (χ1n) is 8.76. The van der Waals surface area contributed by atoms with Crippen LogP contribution in [-0.4, -0.2) is 25.6 Å². The summed E-state index contributed by atoms with van der Waals surface area (Å²) < 4.78 is 19.3. The molecular formula is C20H23FN2O2. The van der Waals surface area contributed by atoms with Crippen molar-refractivity contribution in [3.8, 4) is 5.75 Å². The van der Waals surface area contributed by atoms with Crippen molar-refractivity contribution >= 4 is 17.3 Å². The van der Waals surface area contributed by atoms with E-state index in [0.29, 0.717) is 23.6 Å². The van der Waals surface area contributed by atoms with E-state index in [0.717, 1.165) is 31.6 Å². The fraction of sp³-hybridized carbons (Fsp3) is 0.350. The highest BCUT2D eigenvalue weighted by molar-refractivity contribution is 6.07. The molecule has 0 aliphatic carbocycles. The summed E-state index contributed by atoms with van der Waals surface area (Å²) in [7, 11) is 0. The number of carbonyl (C=O) groups excluding carboxylic acids is 1. The fourth-order valence-corrected chi connectivity index (χ4v) is 3.14. The van der Waals surface area contributed by atoms with Crippen LogP contribution in [0, 0.1) is 5.82 Å². The summed E-state index contributed by atoms with van der Waals surface area (Å²) in [6.45, 7) is 4.19. The summed E-state index contributed by atoms with van der Waals surface area (Å²) in [6.07, 6.45) is 3.43. The Kier molecular flexibility index (Phi) is 5.53. The number of rotatable bonds is 5. The summed E-state index contributed by atoms with van der Waals surface area (Å²) >= 11 is 0. The van der Waals surface area contributed by atoms with Gasteiger partial charge in [0.15, 0.2) is 0 Å². The molecule has 0 saturated carbocycles. The number of hydrogen-bond donors (Lipinski definition) is 1. The molecule has 0 spiro atoms. The third-order valence-corrected chi connectivity index (χ3v) is 4.34. The Morgan fingerprint density at radius 1 is 1.16 bits per heavy atom. The minimum Gasteiger partial charge on any atom is -0.493 e. The van der Waals surface area contributed by atoms with E-state index in [-0.39, 0.29) is 11.7 Å². The maximum Gasteiger partial charge on any atom is 0.259 e. The number of piperidine rings is 1. The molecule has 2 aromatic carbocycles. The molecule has 1 aliphatic heterocycles. The molecule has 4 nitrogen and oxygen atoms in total. The van der Waals surface area contributed by atoms with Gasteiger partial charge in [0.1, 0.15) is 11.6 Å². The highest BCUT2D eigenvalue weighted by atomic mass is 19.1. The van der Waals surface area contributed by atoms with Gasteiger partial charge in [0.2, 0.25) is 0 Å². The van der Waals surface area contributed by atoms with Gasteiger partial charge in [0.05, 0.1) is 23.5 Å². The van der Waals surface area contributed by atoms with Gasteiger partial charge in [-0.3, -0.25) is 4.79 Å². The van der Waals surface area contributed by atoms with E-state index in [1.54, 1.807) is 24.3 Å².